The van der Waals surface area contributed by atoms with Gasteiger partial charge in [-0.05, 0) is 47.8 Å². The molecule has 138 valence electrons. The first-order valence-corrected chi connectivity index (χ1v) is 9.41. The summed E-state index contributed by atoms with van der Waals surface area (Å²) >= 11 is 1.69. The number of thiophene rings is 1. The highest BCUT2D eigenvalue weighted by Gasteiger charge is 2.26. The van der Waals surface area contributed by atoms with Crippen LogP contribution in [0.25, 0.3) is 0 Å². The van der Waals surface area contributed by atoms with E-state index in [9.17, 15) is 14.9 Å². The summed E-state index contributed by atoms with van der Waals surface area (Å²) in [4.78, 5) is 25.1. The molecule has 1 aliphatic heterocycles. The molecule has 1 fully saturated rings. The van der Waals surface area contributed by atoms with Gasteiger partial charge in [0.2, 0.25) is 5.91 Å². The predicted octanol–water partition coefficient (Wildman–Crippen LogP) is 3.83. The van der Waals surface area contributed by atoms with Crippen molar-refractivity contribution in [2.45, 2.75) is 25.3 Å². The fourth-order valence-electron chi connectivity index (χ4n) is 3.30. The van der Waals surface area contributed by atoms with Gasteiger partial charge in [0.05, 0.1) is 17.7 Å². The Morgan fingerprint density at radius 3 is 3.00 bits per heavy atom. The number of rotatable bonds is 7. The molecule has 0 unspecified atom stereocenters. The number of benzene rings is 1. The number of hydrogen-bond acceptors (Lipinski definition) is 6. The van der Waals surface area contributed by atoms with Crippen molar-refractivity contribution in [1.82, 2.24) is 4.90 Å². The third kappa shape index (κ3) is 4.20. The van der Waals surface area contributed by atoms with E-state index in [-0.39, 0.29) is 11.6 Å². The van der Waals surface area contributed by atoms with Crippen molar-refractivity contribution in [2.75, 3.05) is 25.5 Å². The van der Waals surface area contributed by atoms with Crippen molar-refractivity contribution in [2.24, 2.45) is 0 Å². The number of likely N-dealkylation sites (tertiary alicyclic amines) is 1. The zero-order valence-electron chi connectivity index (χ0n) is 14.5. The lowest BCUT2D eigenvalue weighted by molar-refractivity contribution is -0.384. The molecule has 0 bridgehead atoms. The molecule has 0 radical (unpaired) electrons. The Hall–Kier alpha value is -2.45. The van der Waals surface area contributed by atoms with Crippen LogP contribution in [0.5, 0.6) is 5.75 Å². The number of hydrogen-bond donors (Lipinski definition) is 1. The fourth-order valence-corrected chi connectivity index (χ4v) is 4.01. The number of nitro groups is 1. The van der Waals surface area contributed by atoms with Gasteiger partial charge in [0.15, 0.2) is 0 Å². The fraction of sp³-hybridized carbons (Fsp3) is 0.389. The van der Waals surface area contributed by atoms with Gasteiger partial charge in [0, 0.05) is 31.1 Å². The lowest BCUT2D eigenvalue weighted by Gasteiger charge is -2.23. The van der Waals surface area contributed by atoms with E-state index in [0.717, 1.165) is 19.4 Å². The van der Waals surface area contributed by atoms with Crippen molar-refractivity contribution in [3.8, 4) is 5.75 Å². The average Bonchev–Trinajstić information content (AvgIpc) is 3.30. The maximum atomic E-state index is 12.4. The van der Waals surface area contributed by atoms with Crippen molar-refractivity contribution in [3.05, 3.63) is 50.7 Å². The average molecular weight is 375 g/mol. The van der Waals surface area contributed by atoms with E-state index in [0.29, 0.717) is 30.4 Å². The highest BCUT2D eigenvalue weighted by atomic mass is 32.1. The molecular weight excluding hydrogens is 354 g/mol. The Bertz CT molecular complexity index is 779. The molecule has 0 spiro atoms. The SMILES string of the molecule is COc1ccc([N+](=O)[O-])cc1NC(=O)CCN1CCC[C@@H]1c1ccsc1. The number of anilines is 1. The molecule has 0 aliphatic carbocycles. The number of ether oxygens (including phenoxy) is 1. The molecule has 1 amide bonds. The van der Waals surface area contributed by atoms with Gasteiger partial charge in [-0.15, -0.1) is 0 Å². The summed E-state index contributed by atoms with van der Waals surface area (Å²) in [5.74, 6) is 0.223. The summed E-state index contributed by atoms with van der Waals surface area (Å²) in [6, 6.07) is 6.68. The van der Waals surface area contributed by atoms with Crippen LogP contribution in [-0.2, 0) is 4.79 Å². The van der Waals surface area contributed by atoms with Gasteiger partial charge in [0.1, 0.15) is 5.75 Å². The van der Waals surface area contributed by atoms with Crippen LogP contribution >= 0.6 is 11.3 Å². The van der Waals surface area contributed by atoms with Crippen molar-refractivity contribution >= 4 is 28.6 Å². The van der Waals surface area contributed by atoms with E-state index >= 15 is 0 Å². The normalized spacial score (nSPS) is 17.2. The molecule has 8 heteroatoms. The van der Waals surface area contributed by atoms with E-state index in [4.69, 9.17) is 4.74 Å². The second-order valence-electron chi connectivity index (χ2n) is 6.19. The third-order valence-electron chi connectivity index (χ3n) is 4.59. The van der Waals surface area contributed by atoms with Gasteiger partial charge in [0.25, 0.3) is 5.69 Å². The van der Waals surface area contributed by atoms with E-state index in [1.165, 1.54) is 30.9 Å². The molecule has 26 heavy (non-hydrogen) atoms. The molecule has 2 heterocycles. The zero-order chi connectivity index (χ0) is 18.5. The first kappa shape index (κ1) is 18.3. The summed E-state index contributed by atoms with van der Waals surface area (Å²) in [7, 11) is 1.46. The highest BCUT2D eigenvalue weighted by Crippen LogP contribution is 2.33. The standard InChI is InChI=1S/C18H21N3O4S/c1-25-17-5-4-14(21(23)24)11-15(17)19-18(22)6-9-20-8-2-3-16(20)13-7-10-26-12-13/h4-5,7,10-12,16H,2-3,6,8-9H2,1H3,(H,19,22)/t16-/m1/s1. The first-order chi connectivity index (χ1) is 12.6. The molecule has 1 atom stereocenters. The smallest absolute Gasteiger partial charge is 0.271 e. The number of carbonyl (C=O) groups is 1. The lowest BCUT2D eigenvalue weighted by atomic mass is 10.1. The summed E-state index contributed by atoms with van der Waals surface area (Å²) in [5.41, 5.74) is 1.55. The van der Waals surface area contributed by atoms with E-state index in [1.54, 1.807) is 11.3 Å². The predicted molar refractivity (Wildman–Crippen MR) is 101 cm³/mol. The van der Waals surface area contributed by atoms with Gasteiger partial charge >= 0.3 is 0 Å². The molecule has 1 N–H and O–H groups in total. The summed E-state index contributed by atoms with van der Waals surface area (Å²) in [5, 5.41) is 17.9. The van der Waals surface area contributed by atoms with Crippen molar-refractivity contribution < 1.29 is 14.5 Å². The summed E-state index contributed by atoms with van der Waals surface area (Å²) in [6.45, 7) is 1.64. The quantitative estimate of drug-likeness (QED) is 0.587. The topological polar surface area (TPSA) is 84.7 Å². The van der Waals surface area contributed by atoms with Gasteiger partial charge < -0.3 is 10.1 Å². The Kier molecular flexibility index (Phi) is 5.85. The molecule has 2 aromatic rings. The molecular formula is C18H21N3O4S. The van der Waals surface area contributed by atoms with Crippen LogP contribution in [0.4, 0.5) is 11.4 Å². The first-order valence-electron chi connectivity index (χ1n) is 8.47. The number of methoxy groups -OCH3 is 1. The Labute approximate surface area is 155 Å². The van der Waals surface area contributed by atoms with Crippen LogP contribution < -0.4 is 10.1 Å². The monoisotopic (exact) mass is 375 g/mol. The Morgan fingerprint density at radius 1 is 1.46 bits per heavy atom. The number of carbonyl (C=O) groups excluding carboxylic acids is 1. The second-order valence-corrected chi connectivity index (χ2v) is 6.97. The maximum Gasteiger partial charge on any atom is 0.271 e. The van der Waals surface area contributed by atoms with Crippen LogP contribution in [0.2, 0.25) is 0 Å². The van der Waals surface area contributed by atoms with E-state index in [1.807, 2.05) is 0 Å². The van der Waals surface area contributed by atoms with Gasteiger partial charge in [-0.3, -0.25) is 19.8 Å². The Balaban J connectivity index is 1.61. The zero-order valence-corrected chi connectivity index (χ0v) is 15.3. The van der Waals surface area contributed by atoms with Crippen LogP contribution in [0.1, 0.15) is 30.9 Å². The summed E-state index contributed by atoms with van der Waals surface area (Å²) < 4.78 is 5.18. The molecule has 3 rings (SSSR count). The lowest BCUT2D eigenvalue weighted by Crippen LogP contribution is -2.27. The van der Waals surface area contributed by atoms with Crippen LogP contribution in [0.15, 0.2) is 35.0 Å². The molecule has 1 aromatic carbocycles. The van der Waals surface area contributed by atoms with E-state index < -0.39 is 4.92 Å². The molecule has 1 aromatic heterocycles. The Morgan fingerprint density at radius 2 is 2.31 bits per heavy atom. The van der Waals surface area contributed by atoms with Crippen LogP contribution in [0.3, 0.4) is 0 Å². The molecule has 1 aliphatic rings. The van der Waals surface area contributed by atoms with Gasteiger partial charge in [-0.25, -0.2) is 0 Å². The number of non-ortho nitro benzene ring substituents is 1. The van der Waals surface area contributed by atoms with Crippen molar-refractivity contribution in [3.63, 3.8) is 0 Å². The van der Waals surface area contributed by atoms with Crippen LogP contribution in [0, 0.1) is 10.1 Å². The van der Waals surface area contributed by atoms with Crippen LogP contribution in [-0.4, -0.2) is 35.9 Å². The minimum atomic E-state index is -0.495. The van der Waals surface area contributed by atoms with Crippen molar-refractivity contribution in [1.29, 1.82) is 0 Å². The number of amides is 1. The second kappa shape index (κ2) is 8.29. The largest absolute Gasteiger partial charge is 0.495 e. The maximum absolute atomic E-state index is 12.4. The number of nitrogens with zero attached hydrogens (tertiary/aromatic N) is 2. The van der Waals surface area contributed by atoms with Gasteiger partial charge in [-0.2, -0.15) is 11.3 Å². The minimum absolute atomic E-state index is 0.0850. The van der Waals surface area contributed by atoms with Gasteiger partial charge in [-0.1, -0.05) is 0 Å². The highest BCUT2D eigenvalue weighted by molar-refractivity contribution is 7.07. The van der Waals surface area contributed by atoms with E-state index in [2.05, 4.69) is 27.0 Å². The molecule has 1 saturated heterocycles. The summed E-state index contributed by atoms with van der Waals surface area (Å²) in [6.07, 6.45) is 2.56. The third-order valence-corrected chi connectivity index (χ3v) is 5.29. The number of nitro benzene ring substituents is 1. The number of nitrogens with one attached hydrogen (secondary N) is 1. The molecule has 7 nitrogen and oxygen atoms in total. The molecule has 0 saturated carbocycles. The minimum Gasteiger partial charge on any atom is -0.495 e.